The molecule has 6 heteroatoms. The first kappa shape index (κ1) is 17.4. The largest absolute Gasteiger partial charge is 0.417 e. The van der Waals surface area contributed by atoms with Gasteiger partial charge in [-0.3, -0.25) is 5.32 Å². The number of ether oxygens (including phenoxy) is 1. The molecule has 0 aliphatic carbocycles. The molecule has 1 N–H and O–H groups in total. The van der Waals surface area contributed by atoms with E-state index in [1.807, 2.05) is 18.2 Å². The van der Waals surface area contributed by atoms with Crippen molar-refractivity contribution in [3.05, 3.63) is 52.5 Å². The third kappa shape index (κ3) is 4.78. The van der Waals surface area contributed by atoms with Gasteiger partial charge in [-0.05, 0) is 44.2 Å². The minimum absolute atomic E-state index is 0.369. The van der Waals surface area contributed by atoms with E-state index >= 15 is 0 Å². The summed E-state index contributed by atoms with van der Waals surface area (Å²) in [6.45, 7) is 5.92. The van der Waals surface area contributed by atoms with Crippen LogP contribution in [0.25, 0.3) is 0 Å². The zero-order valence-corrected chi connectivity index (χ0v) is 14.5. The summed E-state index contributed by atoms with van der Waals surface area (Å²) in [4.78, 5) is 14.1. The molecule has 2 aromatic rings. The van der Waals surface area contributed by atoms with Crippen LogP contribution in [-0.4, -0.2) is 19.2 Å². The Morgan fingerprint density at radius 1 is 1.09 bits per heavy atom. The maximum absolute atomic E-state index is 12.0. The van der Waals surface area contributed by atoms with Gasteiger partial charge in [-0.2, -0.15) is 0 Å². The molecule has 23 heavy (non-hydrogen) atoms. The summed E-state index contributed by atoms with van der Waals surface area (Å²) in [6, 6.07) is 12.2. The molecule has 0 radical (unpaired) electrons. The van der Waals surface area contributed by atoms with E-state index in [0.29, 0.717) is 21.5 Å². The van der Waals surface area contributed by atoms with E-state index in [4.69, 9.17) is 27.9 Å². The van der Waals surface area contributed by atoms with Gasteiger partial charge in [-0.1, -0.05) is 29.3 Å². The summed E-state index contributed by atoms with van der Waals surface area (Å²) >= 11 is 11.8. The van der Waals surface area contributed by atoms with Crippen LogP contribution in [0, 0.1) is 0 Å². The van der Waals surface area contributed by atoms with Crippen molar-refractivity contribution in [3.63, 3.8) is 0 Å². The van der Waals surface area contributed by atoms with Crippen molar-refractivity contribution < 1.29 is 9.53 Å². The monoisotopic (exact) mass is 352 g/mol. The molecule has 0 unspecified atom stereocenters. The smallest absolute Gasteiger partial charge is 0.410 e. The van der Waals surface area contributed by atoms with Crippen molar-refractivity contribution in [1.82, 2.24) is 0 Å². The predicted molar refractivity (Wildman–Crippen MR) is 96.1 cm³/mol. The molecule has 0 fully saturated rings. The Labute approximate surface area is 146 Å². The SMILES string of the molecule is CCN(CC)c1cccc(OC(=O)Nc2ccc(Cl)c(Cl)c2)c1. The van der Waals surface area contributed by atoms with E-state index in [1.165, 1.54) is 0 Å². The Morgan fingerprint density at radius 2 is 1.83 bits per heavy atom. The molecular weight excluding hydrogens is 335 g/mol. The van der Waals surface area contributed by atoms with Crippen LogP contribution in [0.4, 0.5) is 16.2 Å². The molecule has 0 aliphatic rings. The number of halogens is 2. The number of hydrogen-bond acceptors (Lipinski definition) is 3. The van der Waals surface area contributed by atoms with Gasteiger partial charge in [0.05, 0.1) is 10.0 Å². The highest BCUT2D eigenvalue weighted by atomic mass is 35.5. The lowest BCUT2D eigenvalue weighted by molar-refractivity contribution is 0.215. The fourth-order valence-electron chi connectivity index (χ4n) is 2.16. The number of carbonyl (C=O) groups is 1. The highest BCUT2D eigenvalue weighted by Gasteiger charge is 2.09. The van der Waals surface area contributed by atoms with Crippen molar-refractivity contribution in [2.24, 2.45) is 0 Å². The first-order chi connectivity index (χ1) is 11.0. The number of anilines is 2. The maximum atomic E-state index is 12.0. The quantitative estimate of drug-likeness (QED) is 0.777. The lowest BCUT2D eigenvalue weighted by atomic mass is 10.2. The van der Waals surface area contributed by atoms with Crippen LogP contribution < -0.4 is 15.0 Å². The first-order valence-corrected chi connectivity index (χ1v) is 8.08. The van der Waals surface area contributed by atoms with Gasteiger partial charge in [0.1, 0.15) is 5.75 Å². The van der Waals surface area contributed by atoms with E-state index in [1.54, 1.807) is 24.3 Å². The van der Waals surface area contributed by atoms with Crippen molar-refractivity contribution in [1.29, 1.82) is 0 Å². The van der Waals surface area contributed by atoms with Gasteiger partial charge < -0.3 is 9.64 Å². The fraction of sp³-hybridized carbons (Fsp3) is 0.235. The fourth-order valence-corrected chi connectivity index (χ4v) is 2.45. The number of hydrogen-bond donors (Lipinski definition) is 1. The van der Waals surface area contributed by atoms with Crippen molar-refractivity contribution in [2.45, 2.75) is 13.8 Å². The number of rotatable bonds is 5. The normalized spacial score (nSPS) is 10.3. The van der Waals surface area contributed by atoms with Gasteiger partial charge >= 0.3 is 6.09 Å². The van der Waals surface area contributed by atoms with E-state index in [2.05, 4.69) is 24.1 Å². The Kier molecular flexibility index (Phi) is 6.13. The van der Waals surface area contributed by atoms with Crippen LogP contribution in [0.2, 0.25) is 10.0 Å². The van der Waals surface area contributed by atoms with Gasteiger partial charge in [0.25, 0.3) is 0 Å². The zero-order valence-electron chi connectivity index (χ0n) is 13.0. The standard InChI is InChI=1S/C17H18Cl2N2O2/c1-3-21(4-2)13-6-5-7-14(11-13)23-17(22)20-12-8-9-15(18)16(19)10-12/h5-11H,3-4H2,1-2H3,(H,20,22). The van der Waals surface area contributed by atoms with Crippen molar-refractivity contribution in [3.8, 4) is 5.75 Å². The zero-order chi connectivity index (χ0) is 16.8. The van der Waals surface area contributed by atoms with E-state index < -0.39 is 6.09 Å². The molecule has 0 atom stereocenters. The summed E-state index contributed by atoms with van der Waals surface area (Å²) in [7, 11) is 0. The molecule has 0 heterocycles. The minimum atomic E-state index is -0.583. The lowest BCUT2D eigenvalue weighted by Gasteiger charge is -2.21. The number of benzene rings is 2. The number of nitrogens with one attached hydrogen (secondary N) is 1. The highest BCUT2D eigenvalue weighted by molar-refractivity contribution is 6.42. The minimum Gasteiger partial charge on any atom is -0.410 e. The van der Waals surface area contributed by atoms with Crippen LogP contribution in [0.15, 0.2) is 42.5 Å². The molecule has 4 nitrogen and oxygen atoms in total. The molecule has 0 spiro atoms. The number of carbonyl (C=O) groups excluding carboxylic acids is 1. The second-order valence-corrected chi connectivity index (χ2v) is 5.63. The van der Waals surface area contributed by atoms with Crippen molar-refractivity contribution in [2.75, 3.05) is 23.3 Å². The van der Waals surface area contributed by atoms with Crippen LogP contribution in [0.3, 0.4) is 0 Å². The summed E-state index contributed by atoms with van der Waals surface area (Å²) in [6.07, 6.45) is -0.583. The number of amides is 1. The molecule has 0 saturated carbocycles. The van der Waals surface area contributed by atoms with Crippen molar-refractivity contribution >= 4 is 40.7 Å². The molecule has 0 aromatic heterocycles. The Morgan fingerprint density at radius 3 is 2.48 bits per heavy atom. The Hall–Kier alpha value is -1.91. The average Bonchev–Trinajstić information content (AvgIpc) is 2.52. The van der Waals surface area contributed by atoms with Crippen LogP contribution in [0.1, 0.15) is 13.8 Å². The topological polar surface area (TPSA) is 41.6 Å². The van der Waals surface area contributed by atoms with Gasteiger partial charge in [-0.25, -0.2) is 4.79 Å². The molecule has 0 bridgehead atoms. The van der Waals surface area contributed by atoms with Gasteiger partial charge in [0.2, 0.25) is 0 Å². The summed E-state index contributed by atoms with van der Waals surface area (Å²) in [5, 5.41) is 3.41. The third-order valence-corrected chi connectivity index (χ3v) is 4.06. The highest BCUT2D eigenvalue weighted by Crippen LogP contribution is 2.25. The summed E-state index contributed by atoms with van der Waals surface area (Å²) in [5.41, 5.74) is 1.53. The van der Waals surface area contributed by atoms with E-state index in [-0.39, 0.29) is 0 Å². The molecule has 0 aliphatic heterocycles. The predicted octanol–water partition coefficient (Wildman–Crippen LogP) is 5.45. The molecule has 0 saturated heterocycles. The second kappa shape index (κ2) is 8.09. The van der Waals surface area contributed by atoms with E-state index in [9.17, 15) is 4.79 Å². The lowest BCUT2D eigenvalue weighted by Crippen LogP contribution is -2.22. The van der Waals surface area contributed by atoms with Crippen LogP contribution >= 0.6 is 23.2 Å². The molecular formula is C17H18Cl2N2O2. The molecule has 2 aromatic carbocycles. The van der Waals surface area contributed by atoms with Gasteiger partial charge in [-0.15, -0.1) is 0 Å². The van der Waals surface area contributed by atoms with Crippen LogP contribution in [-0.2, 0) is 0 Å². The molecule has 122 valence electrons. The maximum Gasteiger partial charge on any atom is 0.417 e. The van der Waals surface area contributed by atoms with Crippen LogP contribution in [0.5, 0.6) is 5.75 Å². The Bertz CT molecular complexity index is 688. The average molecular weight is 353 g/mol. The summed E-state index contributed by atoms with van der Waals surface area (Å²) < 4.78 is 5.32. The summed E-state index contributed by atoms with van der Waals surface area (Å²) in [5.74, 6) is 0.479. The second-order valence-electron chi connectivity index (χ2n) is 4.81. The molecule has 2 rings (SSSR count). The third-order valence-electron chi connectivity index (χ3n) is 3.32. The molecule has 1 amide bonds. The van der Waals surface area contributed by atoms with Gasteiger partial charge in [0.15, 0.2) is 0 Å². The number of nitrogens with zero attached hydrogens (tertiary/aromatic N) is 1. The first-order valence-electron chi connectivity index (χ1n) is 7.32. The Balaban J connectivity index is 2.05. The van der Waals surface area contributed by atoms with Gasteiger partial charge in [0, 0.05) is 30.5 Å². The van der Waals surface area contributed by atoms with E-state index in [0.717, 1.165) is 18.8 Å².